The van der Waals surface area contributed by atoms with Crippen LogP contribution in [0.3, 0.4) is 0 Å². The SMILES string of the molecule is CN(CCC#N)C(=O)CCS(=O)(=O)c1ccc(F)c(F)c1. The number of amides is 1. The van der Waals surface area contributed by atoms with Crippen LogP contribution in [0.2, 0.25) is 0 Å². The quantitative estimate of drug-likeness (QED) is 0.745. The molecule has 8 heteroatoms. The van der Waals surface area contributed by atoms with Crippen molar-refractivity contribution >= 4 is 15.7 Å². The van der Waals surface area contributed by atoms with Crippen molar-refractivity contribution in [3.8, 4) is 6.07 Å². The van der Waals surface area contributed by atoms with Crippen LogP contribution in [0.1, 0.15) is 12.8 Å². The van der Waals surface area contributed by atoms with Gasteiger partial charge in [-0.15, -0.1) is 0 Å². The van der Waals surface area contributed by atoms with E-state index in [-0.39, 0.29) is 24.3 Å². The van der Waals surface area contributed by atoms with Crippen molar-refractivity contribution in [2.45, 2.75) is 17.7 Å². The van der Waals surface area contributed by atoms with Gasteiger partial charge in [0.1, 0.15) is 0 Å². The molecular formula is C13H14F2N2O3S. The molecule has 0 N–H and O–H groups in total. The average molecular weight is 316 g/mol. The number of hydrogen-bond acceptors (Lipinski definition) is 4. The lowest BCUT2D eigenvalue weighted by atomic mass is 10.3. The van der Waals surface area contributed by atoms with Crippen molar-refractivity contribution < 1.29 is 22.0 Å². The summed E-state index contributed by atoms with van der Waals surface area (Å²) in [5.74, 6) is -3.33. The van der Waals surface area contributed by atoms with Crippen molar-refractivity contribution in [2.75, 3.05) is 19.3 Å². The first-order chi connectivity index (χ1) is 9.77. The Morgan fingerprint density at radius 3 is 2.57 bits per heavy atom. The van der Waals surface area contributed by atoms with Gasteiger partial charge >= 0.3 is 0 Å². The van der Waals surface area contributed by atoms with Crippen LogP contribution in [0.25, 0.3) is 0 Å². The molecule has 0 heterocycles. The minimum atomic E-state index is -3.87. The Hall–Kier alpha value is -2.01. The van der Waals surface area contributed by atoms with E-state index in [1.807, 2.05) is 6.07 Å². The number of sulfone groups is 1. The highest BCUT2D eigenvalue weighted by Gasteiger charge is 2.19. The van der Waals surface area contributed by atoms with Crippen molar-refractivity contribution in [3.05, 3.63) is 29.8 Å². The normalized spacial score (nSPS) is 11.0. The standard InChI is InChI=1S/C13H14F2N2O3S/c1-17(7-2-6-16)13(18)5-8-21(19,20)10-3-4-11(14)12(15)9-10/h3-4,9H,2,5,7-8H2,1H3. The number of nitriles is 1. The first-order valence-corrected chi connectivity index (χ1v) is 7.72. The molecule has 0 aliphatic carbocycles. The van der Waals surface area contributed by atoms with E-state index in [0.29, 0.717) is 6.07 Å². The molecule has 0 unspecified atom stereocenters. The molecule has 0 aromatic heterocycles. The van der Waals surface area contributed by atoms with Gasteiger partial charge in [-0.2, -0.15) is 5.26 Å². The van der Waals surface area contributed by atoms with E-state index >= 15 is 0 Å². The molecule has 0 fully saturated rings. The van der Waals surface area contributed by atoms with E-state index in [9.17, 15) is 22.0 Å². The number of carbonyl (C=O) groups excluding carboxylic acids is 1. The third-order valence-electron chi connectivity index (χ3n) is 2.82. The Balaban J connectivity index is 2.71. The predicted molar refractivity (Wildman–Crippen MR) is 70.9 cm³/mol. The van der Waals surface area contributed by atoms with E-state index in [1.165, 1.54) is 11.9 Å². The second kappa shape index (κ2) is 7.13. The molecule has 0 saturated heterocycles. The third kappa shape index (κ3) is 4.79. The van der Waals surface area contributed by atoms with Crippen LogP contribution >= 0.6 is 0 Å². The van der Waals surface area contributed by atoms with Crippen molar-refractivity contribution in [1.82, 2.24) is 4.90 Å². The van der Waals surface area contributed by atoms with Gasteiger partial charge in [-0.3, -0.25) is 4.79 Å². The zero-order valence-corrected chi connectivity index (χ0v) is 12.2. The van der Waals surface area contributed by atoms with Crippen molar-refractivity contribution in [1.29, 1.82) is 5.26 Å². The largest absolute Gasteiger partial charge is 0.345 e. The molecule has 0 aliphatic heterocycles. The summed E-state index contributed by atoms with van der Waals surface area (Å²) < 4.78 is 49.6. The molecule has 0 aliphatic rings. The third-order valence-corrected chi connectivity index (χ3v) is 4.53. The summed E-state index contributed by atoms with van der Waals surface area (Å²) in [5.41, 5.74) is 0. The molecule has 0 saturated carbocycles. The lowest BCUT2D eigenvalue weighted by Gasteiger charge is -2.15. The maximum atomic E-state index is 13.0. The Bertz CT molecular complexity index is 668. The van der Waals surface area contributed by atoms with Crippen molar-refractivity contribution in [3.63, 3.8) is 0 Å². The minimum Gasteiger partial charge on any atom is -0.345 e. The second-order valence-electron chi connectivity index (χ2n) is 4.37. The number of hydrogen-bond donors (Lipinski definition) is 0. The van der Waals surface area contributed by atoms with E-state index in [4.69, 9.17) is 5.26 Å². The summed E-state index contributed by atoms with van der Waals surface area (Å²) >= 11 is 0. The summed E-state index contributed by atoms with van der Waals surface area (Å²) in [4.78, 5) is 12.6. The van der Waals surface area contributed by atoms with Gasteiger partial charge in [-0.25, -0.2) is 17.2 Å². The van der Waals surface area contributed by atoms with Crippen LogP contribution < -0.4 is 0 Å². The lowest BCUT2D eigenvalue weighted by molar-refractivity contribution is -0.129. The first kappa shape index (κ1) is 17.0. The summed E-state index contributed by atoms with van der Waals surface area (Å²) in [7, 11) is -2.41. The van der Waals surface area contributed by atoms with E-state index in [2.05, 4.69) is 0 Å². The minimum absolute atomic E-state index is 0.151. The van der Waals surface area contributed by atoms with Crippen LogP contribution in [-0.2, 0) is 14.6 Å². The Kier molecular flexibility index (Phi) is 5.79. The van der Waals surface area contributed by atoms with Gasteiger partial charge < -0.3 is 4.90 Å². The lowest BCUT2D eigenvalue weighted by Crippen LogP contribution is -2.29. The highest BCUT2D eigenvalue weighted by molar-refractivity contribution is 7.91. The molecule has 1 rings (SSSR count). The molecule has 0 bridgehead atoms. The van der Waals surface area contributed by atoms with Gasteiger partial charge in [-0.1, -0.05) is 0 Å². The Morgan fingerprint density at radius 2 is 2.00 bits per heavy atom. The zero-order chi connectivity index (χ0) is 16.0. The predicted octanol–water partition coefficient (Wildman–Crippen LogP) is 1.50. The molecule has 0 spiro atoms. The molecule has 1 aromatic rings. The topological polar surface area (TPSA) is 78.2 Å². The van der Waals surface area contributed by atoms with Gasteiger partial charge in [0.2, 0.25) is 5.91 Å². The molecule has 5 nitrogen and oxygen atoms in total. The number of nitrogens with zero attached hydrogens (tertiary/aromatic N) is 2. The Labute approximate surface area is 121 Å². The van der Waals surface area contributed by atoms with Crippen LogP contribution in [0, 0.1) is 23.0 Å². The average Bonchev–Trinajstić information content (AvgIpc) is 2.44. The second-order valence-corrected chi connectivity index (χ2v) is 6.48. The van der Waals surface area contributed by atoms with E-state index in [1.54, 1.807) is 0 Å². The van der Waals surface area contributed by atoms with Crippen LogP contribution in [0.5, 0.6) is 0 Å². The number of benzene rings is 1. The van der Waals surface area contributed by atoms with Crippen LogP contribution in [0.15, 0.2) is 23.1 Å². The molecule has 0 atom stereocenters. The summed E-state index contributed by atoms with van der Waals surface area (Å²) in [6.07, 6.45) is -0.137. The fourth-order valence-corrected chi connectivity index (χ4v) is 2.78. The van der Waals surface area contributed by atoms with Gasteiger partial charge in [0.05, 0.1) is 23.1 Å². The van der Waals surface area contributed by atoms with Gasteiger partial charge in [0, 0.05) is 20.0 Å². The maximum Gasteiger partial charge on any atom is 0.223 e. The number of carbonyl (C=O) groups is 1. The van der Waals surface area contributed by atoms with Crippen molar-refractivity contribution in [2.24, 2.45) is 0 Å². The first-order valence-electron chi connectivity index (χ1n) is 6.06. The van der Waals surface area contributed by atoms with E-state index < -0.39 is 33.1 Å². The highest BCUT2D eigenvalue weighted by Crippen LogP contribution is 2.16. The van der Waals surface area contributed by atoms with Crippen LogP contribution in [0.4, 0.5) is 8.78 Å². The van der Waals surface area contributed by atoms with Gasteiger partial charge in [0.25, 0.3) is 0 Å². The zero-order valence-electron chi connectivity index (χ0n) is 11.3. The Morgan fingerprint density at radius 1 is 1.33 bits per heavy atom. The fourth-order valence-electron chi connectivity index (χ4n) is 1.54. The fraction of sp³-hybridized carbons (Fsp3) is 0.385. The van der Waals surface area contributed by atoms with Gasteiger partial charge in [0.15, 0.2) is 21.5 Å². The molecule has 114 valence electrons. The smallest absolute Gasteiger partial charge is 0.223 e. The summed E-state index contributed by atoms with van der Waals surface area (Å²) in [5, 5.41) is 8.40. The van der Waals surface area contributed by atoms with E-state index in [0.717, 1.165) is 12.1 Å². The molecule has 1 aromatic carbocycles. The number of rotatable bonds is 6. The molecule has 21 heavy (non-hydrogen) atoms. The molecule has 0 radical (unpaired) electrons. The summed E-state index contributed by atoms with van der Waals surface area (Å²) in [6.45, 7) is 0.209. The monoisotopic (exact) mass is 316 g/mol. The van der Waals surface area contributed by atoms with Gasteiger partial charge in [-0.05, 0) is 18.2 Å². The number of halogens is 2. The highest BCUT2D eigenvalue weighted by atomic mass is 32.2. The van der Waals surface area contributed by atoms with Crippen LogP contribution in [-0.4, -0.2) is 38.6 Å². The molecule has 1 amide bonds. The maximum absolute atomic E-state index is 13.0. The summed E-state index contributed by atoms with van der Waals surface area (Å²) in [6, 6.07) is 4.15. The molecular weight excluding hydrogens is 302 g/mol.